The van der Waals surface area contributed by atoms with Crippen LogP contribution in [0.5, 0.6) is 0 Å². The van der Waals surface area contributed by atoms with E-state index < -0.39 is 23.8 Å². The number of nitrogens with two attached hydrogens (primary N) is 3. The summed E-state index contributed by atoms with van der Waals surface area (Å²) in [4.78, 5) is 88.8. The highest BCUT2D eigenvalue weighted by Gasteiger charge is 2.31. The van der Waals surface area contributed by atoms with Crippen LogP contribution in [0.3, 0.4) is 0 Å². The normalized spacial score (nSPS) is 14.0. The number of nitrogens with zero attached hydrogens (tertiary/aromatic N) is 3. The van der Waals surface area contributed by atoms with Gasteiger partial charge in [0.1, 0.15) is 6.04 Å². The van der Waals surface area contributed by atoms with Crippen LogP contribution in [0, 0.1) is 5.92 Å². The molecule has 0 aliphatic carbocycles. The van der Waals surface area contributed by atoms with Crippen LogP contribution in [-0.4, -0.2) is 117 Å². The Morgan fingerprint density at radius 1 is 0.667 bits per heavy atom. The summed E-state index contributed by atoms with van der Waals surface area (Å²) in [5.74, 6) is -0.545. The fraction of sp³-hybridized carbons (Fsp3) is 0.720. The highest BCUT2D eigenvalue weighted by Crippen LogP contribution is 2.16. The first-order valence-corrected chi connectivity index (χ1v) is 17.0. The van der Waals surface area contributed by atoms with Gasteiger partial charge < -0.3 is 37.2 Å². The smallest absolute Gasteiger partial charge is 0.240 e. The molecule has 0 saturated carbocycles. The maximum Gasteiger partial charge on any atom is 0.240 e. The molecule has 0 spiro atoms. The molecule has 42 heavy (non-hydrogen) atoms. The highest BCUT2D eigenvalue weighted by atomic mass is 32.2. The summed E-state index contributed by atoms with van der Waals surface area (Å²) >= 11 is 3.94. The molecule has 1 rings (SSSR count). The molecule has 1 heterocycles. The zero-order valence-corrected chi connectivity index (χ0v) is 26.7. The molecular formula is C25H43N7O7S3. The topological polar surface area (TPSA) is 219 Å². The lowest BCUT2D eigenvalue weighted by Gasteiger charge is -2.42. The molecule has 0 radical (unpaired) electrons. The van der Waals surface area contributed by atoms with E-state index in [9.17, 15) is 33.6 Å². The molecule has 0 aromatic carbocycles. The van der Waals surface area contributed by atoms with E-state index in [0.717, 1.165) is 0 Å². The number of thioether (sulfide) groups is 3. The second-order valence-corrected chi connectivity index (χ2v) is 13.5. The van der Waals surface area contributed by atoms with Crippen LogP contribution in [0.4, 0.5) is 0 Å². The van der Waals surface area contributed by atoms with Crippen molar-refractivity contribution in [3.63, 3.8) is 0 Å². The van der Waals surface area contributed by atoms with E-state index in [1.54, 1.807) is 0 Å². The zero-order chi connectivity index (χ0) is 31.7. The van der Waals surface area contributed by atoms with Gasteiger partial charge in [-0.1, -0.05) is 13.8 Å². The van der Waals surface area contributed by atoms with Gasteiger partial charge in [-0.05, 0) is 5.92 Å². The minimum absolute atomic E-state index is 0.00906. The van der Waals surface area contributed by atoms with Crippen molar-refractivity contribution >= 4 is 76.6 Å². The summed E-state index contributed by atoms with van der Waals surface area (Å²) in [6.45, 7) is 3.83. The van der Waals surface area contributed by atoms with E-state index in [-0.39, 0.29) is 93.2 Å². The summed E-state index contributed by atoms with van der Waals surface area (Å²) in [5, 5.41) is 2.62. The third-order valence-corrected chi connectivity index (χ3v) is 8.79. The lowest BCUT2D eigenvalue weighted by Crippen LogP contribution is -2.59. The van der Waals surface area contributed by atoms with E-state index in [0.29, 0.717) is 23.0 Å². The van der Waals surface area contributed by atoms with E-state index in [1.807, 2.05) is 13.8 Å². The molecule has 1 unspecified atom stereocenters. The van der Waals surface area contributed by atoms with Crippen LogP contribution in [0.25, 0.3) is 0 Å². The van der Waals surface area contributed by atoms with Crippen molar-refractivity contribution in [2.24, 2.45) is 23.1 Å². The first kappa shape index (κ1) is 37.4. The van der Waals surface area contributed by atoms with Gasteiger partial charge in [0, 0.05) is 60.9 Å². The summed E-state index contributed by atoms with van der Waals surface area (Å²) < 4.78 is 0. The third kappa shape index (κ3) is 16.1. The number of hydrogen-bond acceptors (Lipinski definition) is 10. The molecular weight excluding hydrogens is 607 g/mol. The second kappa shape index (κ2) is 20.3. The number of rotatable bonds is 20. The number of carbonyl (C=O) groups is 7. The maximum atomic E-state index is 13.1. The SMILES string of the molecule is CC(C)CC(=O)NC(CSCCC(=O)N1CN(C(=O)CCSCCC(N)=O)CN(C(=O)CCSCC(N)=O)C1)C(N)=O. The first-order chi connectivity index (χ1) is 19.8. The number of nitrogens with one attached hydrogen (secondary N) is 1. The van der Waals surface area contributed by atoms with E-state index >= 15 is 0 Å². The Labute approximate surface area is 259 Å². The van der Waals surface area contributed by atoms with Gasteiger partial charge in [-0.2, -0.15) is 35.3 Å². The number of carbonyl (C=O) groups excluding carboxylic acids is 7. The lowest BCUT2D eigenvalue weighted by molar-refractivity contribution is -0.158. The van der Waals surface area contributed by atoms with Crippen LogP contribution in [0.1, 0.15) is 46.0 Å². The van der Waals surface area contributed by atoms with Gasteiger partial charge in [0.05, 0.1) is 25.8 Å². The Morgan fingerprint density at radius 3 is 1.55 bits per heavy atom. The van der Waals surface area contributed by atoms with Gasteiger partial charge in [0.2, 0.25) is 41.4 Å². The summed E-state index contributed by atoms with van der Waals surface area (Å²) in [7, 11) is 0. The largest absolute Gasteiger partial charge is 0.370 e. The molecule has 1 fully saturated rings. The average molecular weight is 650 g/mol. The first-order valence-electron chi connectivity index (χ1n) is 13.5. The Morgan fingerprint density at radius 2 is 1.12 bits per heavy atom. The summed E-state index contributed by atoms with van der Waals surface area (Å²) in [6.07, 6.45) is 0.829. The molecule has 0 bridgehead atoms. The van der Waals surface area contributed by atoms with Crippen molar-refractivity contribution in [3.8, 4) is 0 Å². The van der Waals surface area contributed by atoms with Crippen molar-refractivity contribution in [1.29, 1.82) is 0 Å². The minimum Gasteiger partial charge on any atom is -0.370 e. The number of hydrogen-bond donors (Lipinski definition) is 4. The number of amides is 7. The zero-order valence-electron chi connectivity index (χ0n) is 24.2. The van der Waals surface area contributed by atoms with Crippen molar-refractivity contribution in [2.75, 3.05) is 54.5 Å². The van der Waals surface area contributed by atoms with Gasteiger partial charge in [-0.25, -0.2) is 0 Å². The molecule has 0 aromatic heterocycles. The molecule has 1 atom stereocenters. The summed E-state index contributed by atoms with van der Waals surface area (Å²) in [6, 6.07) is -0.860. The standard InChI is InChI=1S/C25H43N7O7S3/c1-17(2)11-21(35)29-18(25(28)39)12-41-9-5-23(37)31-14-30(22(36)4-8-40-7-3-19(26)33)15-32(16-31)24(38)6-10-42-13-20(27)34/h17-18H,3-16H2,1-2H3,(H2,26,33)(H2,27,34)(H2,28,39)(H,29,35). The third-order valence-electron chi connectivity index (χ3n) is 5.76. The van der Waals surface area contributed by atoms with Gasteiger partial charge in [0.15, 0.2) is 0 Å². The van der Waals surface area contributed by atoms with Crippen LogP contribution < -0.4 is 22.5 Å². The van der Waals surface area contributed by atoms with Crippen molar-refractivity contribution in [3.05, 3.63) is 0 Å². The highest BCUT2D eigenvalue weighted by molar-refractivity contribution is 8.00. The second-order valence-electron chi connectivity index (χ2n) is 10.0. The van der Waals surface area contributed by atoms with E-state index in [2.05, 4.69) is 5.32 Å². The van der Waals surface area contributed by atoms with Crippen LogP contribution in [-0.2, 0) is 33.6 Å². The minimum atomic E-state index is -0.860. The molecule has 238 valence electrons. The van der Waals surface area contributed by atoms with Gasteiger partial charge >= 0.3 is 0 Å². The fourth-order valence-corrected chi connectivity index (χ4v) is 6.15. The molecule has 1 aliphatic rings. The average Bonchev–Trinajstić information content (AvgIpc) is 2.91. The van der Waals surface area contributed by atoms with Crippen molar-refractivity contribution < 1.29 is 33.6 Å². The van der Waals surface area contributed by atoms with Crippen LogP contribution in [0.2, 0.25) is 0 Å². The fourth-order valence-electron chi connectivity index (χ4n) is 3.65. The molecule has 1 aliphatic heterocycles. The predicted molar refractivity (Wildman–Crippen MR) is 165 cm³/mol. The van der Waals surface area contributed by atoms with Gasteiger partial charge in [-0.3, -0.25) is 33.6 Å². The van der Waals surface area contributed by atoms with E-state index in [4.69, 9.17) is 17.2 Å². The summed E-state index contributed by atoms with van der Waals surface area (Å²) in [5.41, 5.74) is 15.7. The van der Waals surface area contributed by atoms with Crippen LogP contribution >= 0.6 is 35.3 Å². The Balaban J connectivity index is 2.72. The monoisotopic (exact) mass is 649 g/mol. The molecule has 7 N–H and O–H groups in total. The Hall–Kier alpha value is -2.66. The molecule has 0 aromatic rings. The van der Waals surface area contributed by atoms with Crippen molar-refractivity contribution in [1.82, 2.24) is 20.0 Å². The maximum absolute atomic E-state index is 13.1. The van der Waals surface area contributed by atoms with E-state index in [1.165, 1.54) is 50.0 Å². The molecule has 14 nitrogen and oxygen atoms in total. The Kier molecular flexibility index (Phi) is 18.0. The Bertz CT molecular complexity index is 971. The molecule has 1 saturated heterocycles. The van der Waals surface area contributed by atoms with Crippen molar-refractivity contribution in [2.45, 2.75) is 52.0 Å². The quantitative estimate of drug-likeness (QED) is 0.119. The molecule has 7 amide bonds. The molecule has 17 heteroatoms. The lowest BCUT2D eigenvalue weighted by atomic mass is 10.1. The van der Waals surface area contributed by atoms with Gasteiger partial charge in [0.25, 0.3) is 0 Å². The van der Waals surface area contributed by atoms with Crippen LogP contribution in [0.15, 0.2) is 0 Å². The number of primary amides is 3. The van der Waals surface area contributed by atoms with Gasteiger partial charge in [-0.15, -0.1) is 0 Å². The predicted octanol–water partition coefficient (Wildman–Crippen LogP) is -0.895.